The molecule has 0 heterocycles. The van der Waals surface area contributed by atoms with Crippen LogP contribution >= 0.6 is 0 Å². The largest absolute Gasteiger partial charge is 0 e. The van der Waals surface area contributed by atoms with Crippen molar-refractivity contribution < 1.29 is 39.4 Å². The molecule has 0 rings (SSSR count). The van der Waals surface area contributed by atoms with Gasteiger partial charge in [-0.15, -0.1) is 0 Å². The van der Waals surface area contributed by atoms with Gasteiger partial charge in [-0.25, -0.2) is 0 Å². The fourth-order valence-electron chi connectivity index (χ4n) is 0. The SMILES string of the molecule is [AlH3].[H-].[H-].[Mg+2].[Mn].[SbH2].[Zn]. The standard InChI is InChI=1S/Al.Mg.Mn.Sb.Zn.7H/q;+2;;;;;;;;;2*-1. The zero-order valence-electron chi connectivity index (χ0n) is 4.37. The van der Waals surface area contributed by atoms with Crippen molar-refractivity contribution >= 4 is 64.8 Å². The van der Waals surface area contributed by atoms with Gasteiger partial charge in [0.2, 0.25) is 0 Å². The van der Waals surface area contributed by atoms with E-state index in [2.05, 4.69) is 0 Å². The fourth-order valence-corrected chi connectivity index (χ4v) is 0. The Morgan fingerprint density at radius 3 is 1.20 bits per heavy atom. The molecule has 0 saturated heterocycles. The second-order valence-electron chi connectivity index (χ2n) is 0. The molecular weight excluding hydrogens is 293 g/mol. The van der Waals surface area contributed by atoms with Gasteiger partial charge in [-0.1, -0.05) is 0 Å². The molecule has 5 heavy (non-hydrogen) atoms. The van der Waals surface area contributed by atoms with Crippen LogP contribution in [0.1, 0.15) is 2.85 Å². The summed E-state index contributed by atoms with van der Waals surface area (Å²) in [6.45, 7) is 0. The average Bonchev–Trinajstić information content (AvgIpc) is 0. The summed E-state index contributed by atoms with van der Waals surface area (Å²) in [5.41, 5.74) is 0. The third-order valence-corrected chi connectivity index (χ3v) is 0. The van der Waals surface area contributed by atoms with Crippen molar-refractivity contribution in [3.05, 3.63) is 0 Å². The molecule has 0 aromatic rings. The Morgan fingerprint density at radius 2 is 1.20 bits per heavy atom. The first kappa shape index (κ1) is 41.0. The normalized spacial score (nSPS) is 0. The summed E-state index contributed by atoms with van der Waals surface area (Å²) in [5.74, 6) is 0. The van der Waals surface area contributed by atoms with Crippen molar-refractivity contribution in [2.75, 3.05) is 0 Å². The number of rotatable bonds is 0. The molecule has 0 fully saturated rings. The first-order valence-electron chi connectivity index (χ1n) is 0. The van der Waals surface area contributed by atoms with Gasteiger partial charge in [-0.05, 0) is 0 Å². The third-order valence-electron chi connectivity index (χ3n) is 0. The van der Waals surface area contributed by atoms with Crippen LogP contribution in [0.3, 0.4) is 0 Å². The minimum absolute atomic E-state index is 0. The molecule has 0 N–H and O–H groups in total. The van der Waals surface area contributed by atoms with E-state index < -0.39 is 0 Å². The minimum atomic E-state index is 0. The second kappa shape index (κ2) is 26.8. The molecule has 0 atom stereocenters. The van der Waals surface area contributed by atoms with E-state index >= 15 is 0 Å². The molecule has 0 aliphatic carbocycles. The van der Waals surface area contributed by atoms with Gasteiger partial charge in [0.1, 0.15) is 0 Å². The van der Waals surface area contributed by atoms with Crippen molar-refractivity contribution in [2.24, 2.45) is 0 Å². The Bertz CT molecular complexity index is 17.7. The molecule has 0 nitrogen and oxygen atoms in total. The predicted octanol–water partition coefficient (Wildman–Crippen LogP) is -2.26. The molecule has 0 aliphatic heterocycles. The second-order valence-corrected chi connectivity index (χ2v) is 0. The predicted molar refractivity (Wildman–Crippen MR) is 26.5 cm³/mol. The van der Waals surface area contributed by atoms with Gasteiger partial charge in [0.15, 0.2) is 17.4 Å². The quantitative estimate of drug-likeness (QED) is 0.443. The number of hydrogen-bond acceptors (Lipinski definition) is 0. The van der Waals surface area contributed by atoms with Gasteiger partial charge in [-0.3, -0.25) is 0 Å². The summed E-state index contributed by atoms with van der Waals surface area (Å²) in [5, 5.41) is 0. The molecule has 0 saturated carbocycles. The van der Waals surface area contributed by atoms with Gasteiger partial charge in [0.25, 0.3) is 0 Å². The summed E-state index contributed by atoms with van der Waals surface area (Å²) in [7, 11) is 0. The molecule has 26 valence electrons. The van der Waals surface area contributed by atoms with Gasteiger partial charge < -0.3 is 2.85 Å². The average molecular weight is 300 g/mol. The third kappa shape index (κ3) is 18.9. The summed E-state index contributed by atoms with van der Waals surface area (Å²) in [6.07, 6.45) is 0. The topological polar surface area (TPSA) is 0 Å². The molecule has 5 heteroatoms. The van der Waals surface area contributed by atoms with E-state index in [1.807, 2.05) is 0 Å². The first-order chi connectivity index (χ1) is 0. The van der Waals surface area contributed by atoms with Crippen LogP contribution in [0.2, 0.25) is 0 Å². The van der Waals surface area contributed by atoms with Crippen molar-refractivity contribution in [3.63, 3.8) is 0 Å². The first-order valence-corrected chi connectivity index (χ1v) is 0. The van der Waals surface area contributed by atoms with Crippen LogP contribution in [-0.4, -0.2) is 64.8 Å². The zero-order chi connectivity index (χ0) is 0. The monoisotopic (exact) mass is 298 g/mol. The minimum Gasteiger partial charge on any atom is 0 e. The van der Waals surface area contributed by atoms with Crippen LogP contribution < -0.4 is 0 Å². The Morgan fingerprint density at radius 1 is 1.20 bits per heavy atom. The van der Waals surface area contributed by atoms with Gasteiger partial charge in [0.05, 0.1) is 0 Å². The van der Waals surface area contributed by atoms with Crippen LogP contribution in [0.4, 0.5) is 0 Å². The van der Waals surface area contributed by atoms with Gasteiger partial charge >= 0.3 is 47.5 Å². The van der Waals surface area contributed by atoms with Crippen LogP contribution in [0.25, 0.3) is 0 Å². The fraction of sp³-hybridized carbons (Fsp3) is 0. The Labute approximate surface area is 103 Å². The Kier molecular flexibility index (Phi) is 219. The molecule has 0 aliphatic rings. The molecule has 0 unspecified atom stereocenters. The van der Waals surface area contributed by atoms with Gasteiger partial charge in [0, 0.05) is 36.5 Å². The van der Waals surface area contributed by atoms with E-state index in [1.165, 1.54) is 0 Å². The summed E-state index contributed by atoms with van der Waals surface area (Å²) in [4.78, 5) is 0. The van der Waals surface area contributed by atoms with Crippen LogP contribution in [0, 0.1) is 0 Å². The maximum atomic E-state index is 0. The van der Waals surface area contributed by atoms with Crippen LogP contribution in [-0.2, 0) is 36.5 Å². The maximum Gasteiger partial charge on any atom is 0 e. The van der Waals surface area contributed by atoms with Crippen molar-refractivity contribution in [3.8, 4) is 0 Å². The number of hydrogen-bond donors (Lipinski definition) is 0. The van der Waals surface area contributed by atoms with E-state index in [0.29, 0.717) is 0 Å². The van der Waals surface area contributed by atoms with E-state index in [0.717, 1.165) is 0 Å². The molecular formula is H7AlMgMnSbZn. The van der Waals surface area contributed by atoms with Gasteiger partial charge in [-0.2, -0.15) is 0 Å². The molecule has 0 amide bonds. The molecule has 0 bridgehead atoms. The molecule has 0 aromatic heterocycles. The van der Waals surface area contributed by atoms with E-state index in [4.69, 9.17) is 0 Å². The van der Waals surface area contributed by atoms with Crippen molar-refractivity contribution in [1.29, 1.82) is 0 Å². The summed E-state index contributed by atoms with van der Waals surface area (Å²) in [6, 6.07) is 0. The van der Waals surface area contributed by atoms with Crippen LogP contribution in [0.15, 0.2) is 0 Å². The maximum absolute atomic E-state index is 0. The van der Waals surface area contributed by atoms with Crippen molar-refractivity contribution in [2.45, 2.75) is 0 Å². The summed E-state index contributed by atoms with van der Waals surface area (Å²) < 4.78 is 0. The zero-order valence-corrected chi connectivity index (χ0v) is 11.2. The molecule has 0 aromatic carbocycles. The van der Waals surface area contributed by atoms with E-state index in [9.17, 15) is 0 Å². The molecule has 0 spiro atoms. The Balaban J connectivity index is 0. The van der Waals surface area contributed by atoms with E-state index in [-0.39, 0.29) is 104 Å². The van der Waals surface area contributed by atoms with Crippen molar-refractivity contribution in [1.82, 2.24) is 0 Å². The smallest absolute Gasteiger partial charge is 0 e. The molecule has 2 radical (unpaired) electrons. The Hall–Kier alpha value is 3.26. The van der Waals surface area contributed by atoms with Crippen LogP contribution in [0.5, 0.6) is 0 Å². The van der Waals surface area contributed by atoms with E-state index in [1.54, 1.807) is 0 Å². The summed E-state index contributed by atoms with van der Waals surface area (Å²) >= 11 is 0.